The monoisotopic (exact) mass is 414 g/mol. The molecule has 5 heteroatoms. The number of guanidine groups is 1. The molecule has 1 aromatic carbocycles. The van der Waals surface area contributed by atoms with Crippen LogP contribution in [0.25, 0.3) is 5.57 Å². The van der Waals surface area contributed by atoms with E-state index in [9.17, 15) is 4.39 Å². The van der Waals surface area contributed by atoms with Crippen molar-refractivity contribution in [2.45, 2.75) is 32.1 Å². The summed E-state index contributed by atoms with van der Waals surface area (Å²) in [5.41, 5.74) is 6.92. The lowest BCUT2D eigenvalue weighted by Gasteiger charge is -2.23. The first kappa shape index (κ1) is 19.4. The fourth-order valence-corrected chi connectivity index (χ4v) is 4.78. The number of allylic oxidation sites excluding steroid dienone is 3. The van der Waals surface area contributed by atoms with E-state index in [1.54, 1.807) is 11.1 Å². The largest absolute Gasteiger partial charge is 0.489 e. The molecule has 2 aliphatic heterocycles. The van der Waals surface area contributed by atoms with Gasteiger partial charge in [-0.1, -0.05) is 36.9 Å². The number of hydrogen-bond acceptors (Lipinski definition) is 3. The molecule has 0 saturated carbocycles. The summed E-state index contributed by atoms with van der Waals surface area (Å²) in [6.45, 7) is 9.09. The van der Waals surface area contributed by atoms with Crippen LogP contribution in [0.1, 0.15) is 37.7 Å². The van der Waals surface area contributed by atoms with Crippen LogP contribution in [0.5, 0.6) is 5.75 Å². The van der Waals surface area contributed by atoms with Crippen molar-refractivity contribution in [2.75, 3.05) is 13.2 Å². The highest BCUT2D eigenvalue weighted by Crippen LogP contribution is 2.40. The molecule has 0 aromatic heterocycles. The Bertz CT molecular complexity index is 1190. The van der Waals surface area contributed by atoms with Crippen LogP contribution in [0.2, 0.25) is 0 Å². The highest BCUT2D eigenvalue weighted by Gasteiger charge is 2.33. The molecule has 4 aliphatic rings. The van der Waals surface area contributed by atoms with Gasteiger partial charge in [0.05, 0.1) is 12.7 Å². The Morgan fingerprint density at radius 2 is 2.10 bits per heavy atom. The summed E-state index contributed by atoms with van der Waals surface area (Å²) in [5.74, 6) is 4.53. The fraction of sp³-hybridized carbons (Fsp3) is 0.269. The van der Waals surface area contributed by atoms with Crippen LogP contribution in [0.15, 0.2) is 83.5 Å². The lowest BCUT2D eigenvalue weighted by atomic mass is 9.92. The van der Waals surface area contributed by atoms with Crippen molar-refractivity contribution in [1.29, 1.82) is 0 Å². The van der Waals surface area contributed by atoms with Gasteiger partial charge in [0.1, 0.15) is 29.5 Å². The summed E-state index contributed by atoms with van der Waals surface area (Å²) in [7, 11) is 0. The molecule has 0 amide bonds. The second-order valence-electron chi connectivity index (χ2n) is 8.02. The first-order valence-electron chi connectivity index (χ1n) is 10.7. The molecular formula is C26H25FN3O+. The summed E-state index contributed by atoms with van der Waals surface area (Å²) in [6, 6.07) is 7.90. The lowest BCUT2D eigenvalue weighted by Crippen LogP contribution is -2.42. The van der Waals surface area contributed by atoms with Crippen molar-refractivity contribution in [1.82, 2.24) is 14.9 Å². The Morgan fingerprint density at radius 1 is 1.23 bits per heavy atom. The van der Waals surface area contributed by atoms with Crippen molar-refractivity contribution in [2.24, 2.45) is 0 Å². The number of halogens is 1. The molecule has 0 radical (unpaired) electrons. The minimum Gasteiger partial charge on any atom is -0.489 e. The van der Waals surface area contributed by atoms with Crippen LogP contribution >= 0.6 is 0 Å². The molecule has 0 spiro atoms. The van der Waals surface area contributed by atoms with Crippen molar-refractivity contribution in [3.63, 3.8) is 0 Å². The quantitative estimate of drug-likeness (QED) is 0.735. The molecule has 2 heterocycles. The second kappa shape index (κ2) is 7.96. The smallest absolute Gasteiger partial charge is 0.460 e. The topological polar surface area (TPSA) is 38.6 Å². The number of hydrogen-bond donors (Lipinski definition) is 1. The summed E-state index contributed by atoms with van der Waals surface area (Å²) >= 11 is 0. The van der Waals surface area contributed by atoms with Crippen LogP contribution < -0.4 is 14.7 Å². The maximum atomic E-state index is 14.6. The standard InChI is InChI=1S/C26H24FN3O/c1-3-30-17(2)22(20-13-14-31-25-10-5-4-8-21(20)25)15-28-26(30)29-16-23-19-9-6-7-18(19)11-12-24(23)27/h3-5,8,10,13H,1-2,6-7,9,11-12,14,16H2/p+1. The fourth-order valence-electron chi connectivity index (χ4n) is 4.78. The van der Waals surface area contributed by atoms with Crippen LogP contribution in [-0.2, 0) is 0 Å². The van der Waals surface area contributed by atoms with Gasteiger partial charge in [0, 0.05) is 23.1 Å². The molecule has 0 fully saturated rings. The first-order valence-corrected chi connectivity index (χ1v) is 10.7. The van der Waals surface area contributed by atoms with Gasteiger partial charge in [0.15, 0.2) is 5.87 Å². The van der Waals surface area contributed by atoms with E-state index in [1.165, 1.54) is 11.1 Å². The Morgan fingerprint density at radius 3 is 2.97 bits per heavy atom. The van der Waals surface area contributed by atoms with Gasteiger partial charge in [-0.25, -0.2) is 4.39 Å². The number of nitrogens with one attached hydrogen (secondary N) is 1. The second-order valence-corrected chi connectivity index (χ2v) is 8.02. The van der Waals surface area contributed by atoms with Gasteiger partial charge in [-0.05, 0) is 43.4 Å². The van der Waals surface area contributed by atoms with Crippen LogP contribution in [0.4, 0.5) is 4.39 Å². The van der Waals surface area contributed by atoms with E-state index < -0.39 is 0 Å². The highest BCUT2D eigenvalue weighted by molar-refractivity contribution is 6.00. The van der Waals surface area contributed by atoms with Gasteiger partial charge < -0.3 is 4.74 Å². The summed E-state index contributed by atoms with van der Waals surface area (Å²) in [4.78, 5) is 1.80. The molecule has 0 atom stereocenters. The van der Waals surface area contributed by atoms with E-state index in [0.29, 0.717) is 31.2 Å². The first-order chi connectivity index (χ1) is 15.2. The van der Waals surface area contributed by atoms with Gasteiger partial charge in [-0.15, -0.1) is 0 Å². The average molecular weight is 415 g/mol. The van der Waals surface area contributed by atoms with E-state index >= 15 is 0 Å². The third-order valence-corrected chi connectivity index (χ3v) is 6.33. The summed E-state index contributed by atoms with van der Waals surface area (Å²) in [5, 5.41) is 3.30. The Balaban J connectivity index is 1.47. The van der Waals surface area contributed by atoms with E-state index in [4.69, 9.17) is 4.74 Å². The zero-order valence-electron chi connectivity index (χ0n) is 17.5. The molecule has 4 nitrogen and oxygen atoms in total. The number of para-hydroxylation sites is 1. The zero-order valence-corrected chi connectivity index (χ0v) is 17.5. The predicted molar refractivity (Wildman–Crippen MR) is 123 cm³/mol. The summed E-state index contributed by atoms with van der Waals surface area (Å²) < 4.78 is 24.9. The molecule has 0 saturated heterocycles. The summed E-state index contributed by atoms with van der Waals surface area (Å²) in [6.07, 6.45) is 8.25. The molecular weight excluding hydrogens is 389 g/mol. The zero-order chi connectivity index (χ0) is 21.4. The SMILES string of the molecule is C=CN1C(=C)C(C2=CCOc3ccccc32)=C=[N+]=C1NCC1=C(F)CCC2=C1CCC2. The Hall–Kier alpha value is -3.52. The molecule has 0 unspecified atom stereocenters. The van der Waals surface area contributed by atoms with Gasteiger partial charge in [0.2, 0.25) is 0 Å². The minimum absolute atomic E-state index is 0.00211. The molecule has 1 N–H and O–H groups in total. The van der Waals surface area contributed by atoms with Gasteiger partial charge in [-0.2, -0.15) is 9.57 Å². The van der Waals surface area contributed by atoms with E-state index in [-0.39, 0.29) is 5.83 Å². The number of fused-ring (bicyclic) bond motifs is 1. The number of nitrogens with zero attached hydrogens (tertiary/aromatic N) is 2. The molecule has 0 bridgehead atoms. The molecule has 2 aliphatic carbocycles. The van der Waals surface area contributed by atoms with Gasteiger partial charge >= 0.3 is 5.96 Å². The maximum Gasteiger partial charge on any atom is 0.460 e. The van der Waals surface area contributed by atoms with E-state index in [1.807, 2.05) is 30.3 Å². The molecule has 5 rings (SSSR count). The minimum atomic E-state index is -0.00211. The third-order valence-electron chi connectivity index (χ3n) is 6.33. The molecule has 1 aromatic rings. The van der Waals surface area contributed by atoms with Crippen molar-refractivity contribution in [3.05, 3.63) is 89.1 Å². The van der Waals surface area contributed by atoms with E-state index in [2.05, 4.69) is 29.0 Å². The Labute approximate surface area is 181 Å². The predicted octanol–water partition coefficient (Wildman–Crippen LogP) is 4.54. The van der Waals surface area contributed by atoms with Gasteiger partial charge in [0.25, 0.3) is 0 Å². The normalized spacial score (nSPS) is 20.0. The highest BCUT2D eigenvalue weighted by atomic mass is 19.1. The van der Waals surface area contributed by atoms with Crippen LogP contribution in [0, 0.1) is 0 Å². The Kier molecular flexibility index (Phi) is 4.99. The van der Waals surface area contributed by atoms with E-state index in [0.717, 1.165) is 53.7 Å². The maximum absolute atomic E-state index is 14.6. The lowest BCUT2D eigenvalue weighted by molar-refractivity contribution is 0.357. The van der Waals surface area contributed by atoms with Crippen LogP contribution in [-0.4, -0.2) is 29.9 Å². The molecule has 31 heavy (non-hydrogen) atoms. The number of ether oxygens (including phenoxy) is 1. The van der Waals surface area contributed by atoms with Crippen molar-refractivity contribution >= 4 is 17.4 Å². The number of rotatable bonds is 4. The molecule has 156 valence electrons. The van der Waals surface area contributed by atoms with Gasteiger partial charge in [-0.3, -0.25) is 5.32 Å². The third kappa shape index (κ3) is 3.38. The average Bonchev–Trinajstić information content (AvgIpc) is 3.27. The van der Waals surface area contributed by atoms with Crippen LogP contribution in [0.3, 0.4) is 0 Å². The van der Waals surface area contributed by atoms with Crippen molar-refractivity contribution in [3.8, 4) is 5.75 Å². The van der Waals surface area contributed by atoms with Crippen molar-refractivity contribution < 1.29 is 9.13 Å². The number of benzene rings is 1.